The monoisotopic (exact) mass is 270 g/mol. The highest BCUT2D eigenvalue weighted by Crippen LogP contribution is 2.40. The van der Waals surface area contributed by atoms with Crippen LogP contribution >= 0.6 is 12.6 Å². The van der Waals surface area contributed by atoms with E-state index in [0.717, 1.165) is 11.7 Å². The van der Waals surface area contributed by atoms with E-state index in [1.54, 1.807) is 0 Å². The Hall–Kier alpha value is 0.270. The van der Waals surface area contributed by atoms with E-state index >= 15 is 0 Å². The summed E-state index contributed by atoms with van der Waals surface area (Å²) < 4.78 is 0. The summed E-state index contributed by atoms with van der Waals surface area (Å²) in [6, 6.07) is 0. The Kier molecular flexibility index (Phi) is 5.40. The average Bonchev–Trinajstić information content (AvgIpc) is 2.80. The van der Waals surface area contributed by atoms with Crippen molar-refractivity contribution < 1.29 is 0 Å². The van der Waals surface area contributed by atoms with Crippen molar-refractivity contribution in [2.45, 2.75) is 38.5 Å². The fourth-order valence-electron chi connectivity index (χ4n) is 3.81. The maximum atomic E-state index is 4.63. The molecule has 1 aliphatic carbocycles. The number of rotatable bonds is 5. The summed E-state index contributed by atoms with van der Waals surface area (Å²) in [5, 5.41) is 0. The van der Waals surface area contributed by atoms with Crippen LogP contribution in [-0.2, 0) is 0 Å². The van der Waals surface area contributed by atoms with E-state index in [-0.39, 0.29) is 0 Å². The molecule has 2 nitrogen and oxygen atoms in total. The lowest BCUT2D eigenvalue weighted by molar-refractivity contribution is 0.115. The van der Waals surface area contributed by atoms with Gasteiger partial charge in [0.05, 0.1) is 0 Å². The minimum Gasteiger partial charge on any atom is -0.309 e. The molecule has 0 aromatic heterocycles. The van der Waals surface area contributed by atoms with Crippen molar-refractivity contribution in [1.82, 2.24) is 9.80 Å². The predicted octanol–water partition coefficient (Wildman–Crippen LogP) is 2.75. The maximum absolute atomic E-state index is 4.63. The lowest BCUT2D eigenvalue weighted by Gasteiger charge is -2.39. The van der Waals surface area contributed by atoms with Gasteiger partial charge in [-0.2, -0.15) is 12.6 Å². The molecule has 2 rings (SSSR count). The third kappa shape index (κ3) is 3.88. The van der Waals surface area contributed by atoms with Crippen LogP contribution in [0.5, 0.6) is 0 Å². The zero-order valence-electron chi connectivity index (χ0n) is 12.2. The van der Waals surface area contributed by atoms with Gasteiger partial charge in [-0.3, -0.25) is 0 Å². The lowest BCUT2D eigenvalue weighted by atomic mass is 9.86. The first-order valence-corrected chi connectivity index (χ1v) is 8.25. The van der Waals surface area contributed by atoms with E-state index in [0.29, 0.717) is 5.41 Å². The van der Waals surface area contributed by atoms with Crippen LogP contribution in [0, 0.1) is 11.3 Å². The highest BCUT2D eigenvalue weighted by Gasteiger charge is 2.35. The number of thiol groups is 1. The first kappa shape index (κ1) is 14.7. The first-order valence-electron chi connectivity index (χ1n) is 7.61. The average molecular weight is 270 g/mol. The normalized spacial score (nSPS) is 26.0. The van der Waals surface area contributed by atoms with Crippen LogP contribution in [0.25, 0.3) is 0 Å². The molecule has 1 saturated heterocycles. The van der Waals surface area contributed by atoms with E-state index < -0.39 is 0 Å². The van der Waals surface area contributed by atoms with Gasteiger partial charge in [0.15, 0.2) is 0 Å². The summed E-state index contributed by atoms with van der Waals surface area (Å²) in [7, 11) is 4.39. The second-order valence-corrected chi connectivity index (χ2v) is 7.16. The molecule has 0 atom stereocenters. The Morgan fingerprint density at radius 2 is 1.78 bits per heavy atom. The fraction of sp³-hybridized carbons (Fsp3) is 1.00. The van der Waals surface area contributed by atoms with E-state index in [1.165, 1.54) is 64.7 Å². The molecule has 3 heteroatoms. The van der Waals surface area contributed by atoms with Crippen LogP contribution in [0.3, 0.4) is 0 Å². The molecular weight excluding hydrogens is 240 g/mol. The van der Waals surface area contributed by atoms with Gasteiger partial charge in [-0.05, 0) is 70.0 Å². The molecule has 0 N–H and O–H groups in total. The standard InChI is InChI=1S/C15H30N2S/c1-16(2)11-14-5-9-17(10-6-14)12-15(13-18)7-3-4-8-15/h14,18H,3-13H2,1-2H3. The molecule has 0 unspecified atom stereocenters. The Balaban J connectivity index is 1.76. The fourth-order valence-corrected chi connectivity index (χ4v) is 4.23. The molecule has 0 bridgehead atoms. The van der Waals surface area contributed by atoms with Gasteiger partial charge in [-0.1, -0.05) is 12.8 Å². The van der Waals surface area contributed by atoms with Crippen molar-refractivity contribution in [3.63, 3.8) is 0 Å². The van der Waals surface area contributed by atoms with Crippen molar-refractivity contribution in [2.75, 3.05) is 46.0 Å². The van der Waals surface area contributed by atoms with Gasteiger partial charge in [-0.15, -0.1) is 0 Å². The molecule has 106 valence electrons. The highest BCUT2D eigenvalue weighted by atomic mass is 32.1. The van der Waals surface area contributed by atoms with Crippen molar-refractivity contribution in [3.8, 4) is 0 Å². The van der Waals surface area contributed by atoms with Crippen molar-refractivity contribution in [1.29, 1.82) is 0 Å². The van der Waals surface area contributed by atoms with Gasteiger partial charge in [0.2, 0.25) is 0 Å². The van der Waals surface area contributed by atoms with Crippen LogP contribution in [0.2, 0.25) is 0 Å². The second kappa shape index (κ2) is 6.62. The Labute approximate surface area is 119 Å². The van der Waals surface area contributed by atoms with Gasteiger partial charge in [0, 0.05) is 13.1 Å². The van der Waals surface area contributed by atoms with Crippen LogP contribution < -0.4 is 0 Å². The Bertz CT molecular complexity index is 241. The number of hydrogen-bond acceptors (Lipinski definition) is 3. The lowest BCUT2D eigenvalue weighted by Crippen LogP contribution is -2.43. The molecule has 0 amide bonds. The van der Waals surface area contributed by atoms with Crippen molar-refractivity contribution >= 4 is 12.6 Å². The third-order valence-electron chi connectivity index (χ3n) is 4.89. The topological polar surface area (TPSA) is 6.48 Å². The zero-order valence-corrected chi connectivity index (χ0v) is 13.1. The molecule has 0 spiro atoms. The smallest absolute Gasteiger partial charge is 0.00458 e. The molecule has 0 aromatic carbocycles. The number of piperidine rings is 1. The zero-order chi connectivity index (χ0) is 13.0. The van der Waals surface area contributed by atoms with Gasteiger partial charge in [0.25, 0.3) is 0 Å². The quantitative estimate of drug-likeness (QED) is 0.768. The maximum Gasteiger partial charge on any atom is 0.00458 e. The van der Waals surface area contributed by atoms with Crippen LogP contribution in [0.4, 0.5) is 0 Å². The van der Waals surface area contributed by atoms with E-state index in [9.17, 15) is 0 Å². The second-order valence-electron chi connectivity index (χ2n) is 6.85. The minimum atomic E-state index is 0.553. The molecule has 2 aliphatic rings. The summed E-state index contributed by atoms with van der Waals surface area (Å²) in [5.41, 5.74) is 0.553. The molecule has 1 aliphatic heterocycles. The molecule has 1 saturated carbocycles. The number of likely N-dealkylation sites (tertiary alicyclic amines) is 1. The van der Waals surface area contributed by atoms with E-state index in [4.69, 9.17) is 0 Å². The molecule has 0 radical (unpaired) electrons. The highest BCUT2D eigenvalue weighted by molar-refractivity contribution is 7.80. The van der Waals surface area contributed by atoms with E-state index in [1.807, 2.05) is 0 Å². The SMILES string of the molecule is CN(C)CC1CCN(CC2(CS)CCCC2)CC1. The van der Waals surface area contributed by atoms with Gasteiger partial charge >= 0.3 is 0 Å². The summed E-state index contributed by atoms with van der Waals surface area (Å²) in [5.74, 6) is 2.01. The van der Waals surface area contributed by atoms with Crippen molar-refractivity contribution in [3.05, 3.63) is 0 Å². The van der Waals surface area contributed by atoms with Crippen LogP contribution in [0.1, 0.15) is 38.5 Å². The molecular formula is C15H30N2S. The number of hydrogen-bond donors (Lipinski definition) is 1. The molecule has 0 aromatic rings. The summed E-state index contributed by atoms with van der Waals surface area (Å²) in [4.78, 5) is 5.06. The molecule has 18 heavy (non-hydrogen) atoms. The predicted molar refractivity (Wildman–Crippen MR) is 82.5 cm³/mol. The van der Waals surface area contributed by atoms with Crippen LogP contribution in [0.15, 0.2) is 0 Å². The third-order valence-corrected chi connectivity index (χ3v) is 5.56. The van der Waals surface area contributed by atoms with Gasteiger partial charge in [-0.25, -0.2) is 0 Å². The largest absolute Gasteiger partial charge is 0.309 e. The van der Waals surface area contributed by atoms with Gasteiger partial charge in [0.1, 0.15) is 0 Å². The minimum absolute atomic E-state index is 0.553. The summed E-state index contributed by atoms with van der Waals surface area (Å²) in [6.45, 7) is 5.21. The van der Waals surface area contributed by atoms with Crippen LogP contribution in [-0.4, -0.2) is 55.8 Å². The summed E-state index contributed by atoms with van der Waals surface area (Å²) >= 11 is 4.63. The van der Waals surface area contributed by atoms with E-state index in [2.05, 4.69) is 36.5 Å². The Morgan fingerprint density at radius 1 is 1.17 bits per heavy atom. The first-order chi connectivity index (χ1) is 8.63. The van der Waals surface area contributed by atoms with Crippen molar-refractivity contribution in [2.24, 2.45) is 11.3 Å². The van der Waals surface area contributed by atoms with Gasteiger partial charge < -0.3 is 9.80 Å². The molecule has 2 fully saturated rings. The Morgan fingerprint density at radius 3 is 2.28 bits per heavy atom. The number of nitrogens with zero attached hydrogens (tertiary/aromatic N) is 2. The summed E-state index contributed by atoms with van der Waals surface area (Å²) in [6.07, 6.45) is 8.46. The molecule has 1 heterocycles.